The Morgan fingerprint density at radius 2 is 1.68 bits per heavy atom. The van der Waals surface area contributed by atoms with E-state index in [1.807, 2.05) is 30.3 Å². The third kappa shape index (κ3) is 5.63. The Kier molecular flexibility index (Phi) is 9.59. The minimum atomic E-state index is 0. The Hall–Kier alpha value is -1.27. The molecule has 1 aliphatic heterocycles. The number of fused-ring (bicyclic) bond motifs is 1. The summed E-state index contributed by atoms with van der Waals surface area (Å²) in [6, 6.07) is 13.9. The molecule has 0 radical (unpaired) electrons. The molecule has 1 aliphatic rings. The normalized spacial score (nSPS) is 15.1. The van der Waals surface area contributed by atoms with Gasteiger partial charge in [-0.05, 0) is 24.0 Å². The smallest absolute Gasteiger partial charge is 0.501 e. The summed E-state index contributed by atoms with van der Waals surface area (Å²) in [5.74, 6) is 3.80. The fourth-order valence-corrected chi connectivity index (χ4v) is 3.20. The van der Waals surface area contributed by atoms with Gasteiger partial charge in [0.05, 0.1) is 12.4 Å². The summed E-state index contributed by atoms with van der Waals surface area (Å²) < 4.78 is 26.9. The van der Waals surface area contributed by atoms with Gasteiger partial charge in [-0.15, -0.1) is 12.5 Å². The molecule has 0 bridgehead atoms. The first kappa shape index (κ1) is 23.0. The van der Waals surface area contributed by atoms with Crippen LogP contribution in [0.15, 0.2) is 55.1 Å². The molecule has 1 atom stereocenters. The molecule has 5 nitrogen and oxygen atoms in total. The van der Waals surface area contributed by atoms with Crippen LogP contribution in [0.3, 0.4) is 0 Å². The van der Waals surface area contributed by atoms with E-state index in [0.717, 1.165) is 34.8 Å². The van der Waals surface area contributed by atoms with Gasteiger partial charge in [-0.2, -0.15) is 17.7 Å². The molecule has 0 aliphatic carbocycles. The third-order valence-electron chi connectivity index (χ3n) is 4.48. The largest absolute Gasteiger partial charge is 3.00 e. The fourth-order valence-electron chi connectivity index (χ4n) is 3.20. The number of hydrogen-bond acceptors (Lipinski definition) is 5. The van der Waals surface area contributed by atoms with Gasteiger partial charge in [0.15, 0.2) is 13.6 Å². The molecule has 2 aromatic rings. The minimum Gasteiger partial charge on any atom is -0.501 e. The molecule has 0 aromatic heterocycles. The van der Waals surface area contributed by atoms with E-state index in [-0.39, 0.29) is 60.8 Å². The zero-order valence-electron chi connectivity index (χ0n) is 16.4. The topological polar surface area (TPSA) is 46.2 Å². The zero-order valence-corrected chi connectivity index (χ0v) is 20.1. The fraction of sp³-hybridized carbons (Fsp3) is 0.318. The standard InChI is InChI=1S/C22H25O5.Pr/c1-4-5-19-20-11-10-18(27-15-24-3)12-22(20)25-13-21(19)16-6-8-17(9-7-16)26-14-23-2;/h4,6-12,19H,1,5,13-15H2,2-3H3;/q-1;+3. The van der Waals surface area contributed by atoms with E-state index in [4.69, 9.17) is 23.7 Å². The Morgan fingerprint density at radius 1 is 1.04 bits per heavy atom. The number of benzene rings is 2. The molecule has 0 spiro atoms. The predicted molar refractivity (Wildman–Crippen MR) is 103 cm³/mol. The van der Waals surface area contributed by atoms with Gasteiger partial charge < -0.3 is 23.7 Å². The molecule has 0 saturated heterocycles. The van der Waals surface area contributed by atoms with E-state index < -0.39 is 0 Å². The number of allylic oxidation sites excluding steroid dienone is 1. The van der Waals surface area contributed by atoms with Crippen molar-refractivity contribution in [3.63, 3.8) is 0 Å². The van der Waals surface area contributed by atoms with Crippen molar-refractivity contribution in [1.82, 2.24) is 0 Å². The Bertz CT molecular complexity index is 747. The first-order valence-corrected chi connectivity index (χ1v) is 8.84. The van der Waals surface area contributed by atoms with Crippen LogP contribution in [0.4, 0.5) is 0 Å². The van der Waals surface area contributed by atoms with Crippen LogP contribution in [-0.2, 0) is 9.47 Å². The van der Waals surface area contributed by atoms with Crippen molar-refractivity contribution in [2.24, 2.45) is 0 Å². The van der Waals surface area contributed by atoms with Gasteiger partial charge in [0.2, 0.25) is 0 Å². The van der Waals surface area contributed by atoms with Gasteiger partial charge in [0.25, 0.3) is 0 Å². The summed E-state index contributed by atoms with van der Waals surface area (Å²) in [7, 11) is 3.20. The van der Waals surface area contributed by atoms with Gasteiger partial charge in [0.1, 0.15) is 11.5 Å². The van der Waals surface area contributed by atoms with E-state index in [2.05, 4.69) is 24.8 Å². The van der Waals surface area contributed by atoms with Crippen molar-refractivity contribution < 1.29 is 65.0 Å². The molecular weight excluding hydrogens is 485 g/mol. The van der Waals surface area contributed by atoms with Crippen molar-refractivity contribution in [2.45, 2.75) is 12.3 Å². The monoisotopic (exact) mass is 510 g/mol. The second-order valence-corrected chi connectivity index (χ2v) is 6.22. The maximum atomic E-state index is 6.04. The summed E-state index contributed by atoms with van der Waals surface area (Å²) in [6.45, 7) is 4.90. The number of ether oxygens (including phenoxy) is 5. The van der Waals surface area contributed by atoms with Crippen molar-refractivity contribution in [3.05, 3.63) is 72.2 Å². The van der Waals surface area contributed by atoms with Crippen LogP contribution in [0.5, 0.6) is 17.2 Å². The maximum Gasteiger partial charge on any atom is 3.00 e. The second-order valence-electron chi connectivity index (χ2n) is 6.22. The number of methoxy groups -OCH3 is 2. The van der Waals surface area contributed by atoms with Crippen LogP contribution in [-0.4, -0.2) is 34.4 Å². The molecule has 144 valence electrons. The molecule has 2 aromatic carbocycles. The van der Waals surface area contributed by atoms with E-state index in [9.17, 15) is 0 Å². The summed E-state index contributed by atoms with van der Waals surface area (Å²) >= 11 is 0. The second kappa shape index (κ2) is 11.7. The maximum absolute atomic E-state index is 6.04. The van der Waals surface area contributed by atoms with Crippen molar-refractivity contribution >= 4 is 0 Å². The first-order chi connectivity index (χ1) is 13.3. The molecule has 1 heterocycles. The van der Waals surface area contributed by atoms with Gasteiger partial charge in [-0.25, -0.2) is 0 Å². The zero-order chi connectivity index (χ0) is 19.1. The van der Waals surface area contributed by atoms with Crippen LogP contribution >= 0.6 is 0 Å². The van der Waals surface area contributed by atoms with Crippen LogP contribution in [0.25, 0.3) is 0 Å². The molecule has 0 saturated carbocycles. The van der Waals surface area contributed by atoms with Gasteiger partial charge in [-0.1, -0.05) is 24.3 Å². The SMILES string of the molecule is C=CCC1c2ccc(OCOC)cc2OC[C-]1c1ccc(OCOC)cc1.[Pr+3]. The van der Waals surface area contributed by atoms with Crippen molar-refractivity contribution in [3.8, 4) is 17.2 Å². The molecule has 6 heteroatoms. The molecule has 0 fully saturated rings. The first-order valence-electron chi connectivity index (χ1n) is 8.84. The van der Waals surface area contributed by atoms with Gasteiger partial charge in [-0.3, -0.25) is 0 Å². The Labute approximate surface area is 199 Å². The Morgan fingerprint density at radius 3 is 2.32 bits per heavy atom. The van der Waals surface area contributed by atoms with Gasteiger partial charge in [0, 0.05) is 20.3 Å². The van der Waals surface area contributed by atoms with Crippen LogP contribution in [0.2, 0.25) is 0 Å². The van der Waals surface area contributed by atoms with E-state index in [1.54, 1.807) is 14.2 Å². The summed E-state index contributed by atoms with van der Waals surface area (Å²) in [6.07, 6.45) is 2.79. The summed E-state index contributed by atoms with van der Waals surface area (Å²) in [5.41, 5.74) is 2.28. The van der Waals surface area contributed by atoms with Crippen LogP contribution in [0.1, 0.15) is 23.5 Å². The van der Waals surface area contributed by atoms with E-state index in [1.165, 1.54) is 5.92 Å². The Balaban J connectivity index is 0.00000280. The average Bonchev–Trinajstić information content (AvgIpc) is 2.71. The number of hydrogen-bond donors (Lipinski definition) is 0. The van der Waals surface area contributed by atoms with E-state index >= 15 is 0 Å². The van der Waals surface area contributed by atoms with Crippen molar-refractivity contribution in [1.29, 1.82) is 0 Å². The van der Waals surface area contributed by atoms with Crippen LogP contribution in [0, 0.1) is 47.2 Å². The quantitative estimate of drug-likeness (QED) is 0.286. The molecule has 28 heavy (non-hydrogen) atoms. The van der Waals surface area contributed by atoms with Crippen LogP contribution < -0.4 is 14.2 Å². The third-order valence-corrected chi connectivity index (χ3v) is 4.48. The number of rotatable bonds is 9. The summed E-state index contributed by atoms with van der Waals surface area (Å²) in [5, 5.41) is 0. The van der Waals surface area contributed by atoms with Crippen molar-refractivity contribution in [2.75, 3.05) is 34.4 Å². The minimum absolute atomic E-state index is 0. The van der Waals surface area contributed by atoms with E-state index in [0.29, 0.717) is 6.61 Å². The van der Waals surface area contributed by atoms with Gasteiger partial charge >= 0.3 is 41.3 Å². The molecule has 3 rings (SSSR count). The predicted octanol–water partition coefficient (Wildman–Crippen LogP) is 4.33. The molecule has 0 amide bonds. The average molecular weight is 510 g/mol. The molecule has 1 unspecified atom stereocenters. The molecular formula is C22H25O5Pr+2. The summed E-state index contributed by atoms with van der Waals surface area (Å²) in [4.78, 5) is 0. The molecule has 0 N–H and O–H groups in total.